The molecule has 2 N–H and O–H groups in total. The smallest absolute Gasteiger partial charge is 0.256 e. The van der Waals surface area contributed by atoms with E-state index in [9.17, 15) is 14.0 Å². The number of hydrogen-bond donors (Lipinski definition) is 2. The van der Waals surface area contributed by atoms with E-state index in [1.165, 1.54) is 56.0 Å². The average Bonchev–Trinajstić information content (AvgIpc) is 2.84. The molecule has 1 saturated carbocycles. The predicted octanol–water partition coefficient (Wildman–Crippen LogP) is 5.24. The van der Waals surface area contributed by atoms with Gasteiger partial charge in [-0.05, 0) is 48.7 Å². The van der Waals surface area contributed by atoms with Crippen molar-refractivity contribution in [2.45, 2.75) is 48.3 Å². The molecule has 0 spiro atoms. The van der Waals surface area contributed by atoms with E-state index in [-0.39, 0.29) is 11.8 Å². The van der Waals surface area contributed by atoms with E-state index in [0.29, 0.717) is 28.3 Å². The summed E-state index contributed by atoms with van der Waals surface area (Å²) in [5, 5.41) is 5.80. The molecule has 2 aromatic rings. The molecule has 1 aliphatic carbocycles. The summed E-state index contributed by atoms with van der Waals surface area (Å²) in [6, 6.07) is 9.48. The van der Waals surface area contributed by atoms with E-state index in [0.717, 1.165) is 17.2 Å². The van der Waals surface area contributed by atoms with E-state index < -0.39 is 5.82 Å². The third-order valence-corrected chi connectivity index (χ3v) is 6.61. The van der Waals surface area contributed by atoms with E-state index in [2.05, 4.69) is 10.6 Å². The first-order valence-electron chi connectivity index (χ1n) is 9.81. The fourth-order valence-corrected chi connectivity index (χ4v) is 4.89. The number of halogens is 1. The van der Waals surface area contributed by atoms with Crippen LogP contribution in [0.15, 0.2) is 46.2 Å². The van der Waals surface area contributed by atoms with Crippen LogP contribution >= 0.6 is 11.8 Å². The minimum absolute atomic E-state index is 0.134. The molecule has 0 saturated heterocycles. The van der Waals surface area contributed by atoms with Gasteiger partial charge in [-0.25, -0.2) is 4.39 Å². The standard InChI is InChI=1S/C22H23FN2O2S/c23-16-7-9-19-17(13-16)22(27)25-18-12-15(6-8-20(18)28-19)21(26)24-11-10-14-4-2-1-3-5-14/h6-9,12-14H,1-5,10-11H2,(H,24,26)(H,25,27). The maximum absolute atomic E-state index is 13.5. The van der Waals surface area contributed by atoms with Gasteiger partial charge < -0.3 is 10.6 Å². The molecule has 0 atom stereocenters. The Balaban J connectivity index is 1.44. The van der Waals surface area contributed by atoms with Crippen LogP contribution in [0.3, 0.4) is 0 Å². The number of fused-ring (bicyclic) bond motifs is 2. The van der Waals surface area contributed by atoms with Crippen molar-refractivity contribution in [3.63, 3.8) is 0 Å². The zero-order chi connectivity index (χ0) is 19.5. The topological polar surface area (TPSA) is 58.2 Å². The molecule has 2 aliphatic rings. The molecular weight excluding hydrogens is 375 g/mol. The molecule has 146 valence electrons. The fraction of sp³-hybridized carbons (Fsp3) is 0.364. The van der Waals surface area contributed by atoms with Gasteiger partial charge in [0.1, 0.15) is 5.82 Å². The molecule has 4 nitrogen and oxygen atoms in total. The second kappa shape index (κ2) is 8.35. The zero-order valence-corrected chi connectivity index (χ0v) is 16.4. The van der Waals surface area contributed by atoms with Crippen LogP contribution in [0.1, 0.15) is 59.2 Å². The van der Waals surface area contributed by atoms with Crippen LogP contribution in [0.5, 0.6) is 0 Å². The molecule has 0 aromatic heterocycles. The van der Waals surface area contributed by atoms with Crippen LogP contribution in [-0.2, 0) is 0 Å². The zero-order valence-electron chi connectivity index (χ0n) is 15.6. The summed E-state index contributed by atoms with van der Waals surface area (Å²) in [5.41, 5.74) is 1.40. The molecular formula is C22H23FN2O2S. The van der Waals surface area contributed by atoms with Gasteiger partial charge in [0, 0.05) is 21.9 Å². The molecule has 2 aromatic carbocycles. The minimum Gasteiger partial charge on any atom is -0.352 e. The molecule has 6 heteroatoms. The van der Waals surface area contributed by atoms with Gasteiger partial charge in [0.05, 0.1) is 11.3 Å². The summed E-state index contributed by atoms with van der Waals surface area (Å²) in [7, 11) is 0. The fourth-order valence-electron chi connectivity index (χ4n) is 3.90. The molecule has 4 rings (SSSR count). The van der Waals surface area contributed by atoms with Crippen LogP contribution in [0, 0.1) is 11.7 Å². The van der Waals surface area contributed by atoms with Gasteiger partial charge >= 0.3 is 0 Å². The van der Waals surface area contributed by atoms with Crippen LogP contribution < -0.4 is 10.6 Å². The van der Waals surface area contributed by atoms with E-state index in [1.807, 2.05) is 6.07 Å². The molecule has 0 radical (unpaired) electrons. The van der Waals surface area contributed by atoms with Gasteiger partial charge in [0.15, 0.2) is 0 Å². The van der Waals surface area contributed by atoms with Crippen LogP contribution in [-0.4, -0.2) is 18.4 Å². The number of nitrogens with one attached hydrogen (secondary N) is 2. The first-order valence-corrected chi connectivity index (χ1v) is 10.6. The Morgan fingerprint density at radius 3 is 2.71 bits per heavy atom. The second-order valence-electron chi connectivity index (χ2n) is 7.46. The number of hydrogen-bond acceptors (Lipinski definition) is 3. The van der Waals surface area contributed by atoms with E-state index in [4.69, 9.17) is 0 Å². The summed E-state index contributed by atoms with van der Waals surface area (Å²) in [6.07, 6.45) is 7.47. The molecule has 28 heavy (non-hydrogen) atoms. The summed E-state index contributed by atoms with van der Waals surface area (Å²) >= 11 is 1.39. The highest BCUT2D eigenvalue weighted by molar-refractivity contribution is 7.99. The van der Waals surface area contributed by atoms with Crippen molar-refractivity contribution in [1.29, 1.82) is 0 Å². The van der Waals surface area contributed by atoms with Crippen molar-refractivity contribution in [3.8, 4) is 0 Å². The van der Waals surface area contributed by atoms with Crippen molar-refractivity contribution in [2.24, 2.45) is 5.92 Å². The second-order valence-corrected chi connectivity index (χ2v) is 8.54. The molecule has 1 heterocycles. The monoisotopic (exact) mass is 398 g/mol. The number of carbonyl (C=O) groups is 2. The molecule has 0 unspecified atom stereocenters. The average molecular weight is 399 g/mol. The Hall–Kier alpha value is -2.34. The third kappa shape index (κ3) is 4.22. The van der Waals surface area contributed by atoms with Gasteiger partial charge in [-0.2, -0.15) is 0 Å². The number of benzene rings is 2. The normalized spacial score (nSPS) is 16.5. The SMILES string of the molecule is O=C(NCCC1CCCCC1)c1ccc2c(c1)NC(=O)c1cc(F)ccc1S2. The number of amides is 2. The van der Waals surface area contributed by atoms with Crippen molar-refractivity contribution < 1.29 is 14.0 Å². The summed E-state index contributed by atoms with van der Waals surface area (Å²) in [5.74, 6) is -0.226. The Morgan fingerprint density at radius 1 is 1.11 bits per heavy atom. The third-order valence-electron chi connectivity index (χ3n) is 5.46. The number of carbonyl (C=O) groups excluding carboxylic acids is 2. The van der Waals surface area contributed by atoms with Crippen molar-refractivity contribution >= 4 is 29.3 Å². The highest BCUT2D eigenvalue weighted by atomic mass is 32.2. The lowest BCUT2D eigenvalue weighted by molar-refractivity contribution is 0.0949. The minimum atomic E-state index is -0.446. The Labute approximate surface area is 168 Å². The molecule has 2 amide bonds. The Kier molecular flexibility index (Phi) is 5.67. The first kappa shape index (κ1) is 19.0. The Bertz CT molecular complexity index is 909. The lowest BCUT2D eigenvalue weighted by Crippen LogP contribution is -2.26. The molecule has 1 fully saturated rings. The van der Waals surface area contributed by atoms with Gasteiger partial charge in [0.2, 0.25) is 0 Å². The lowest BCUT2D eigenvalue weighted by atomic mass is 9.87. The quantitative estimate of drug-likeness (QED) is 0.740. The number of rotatable bonds is 4. The van der Waals surface area contributed by atoms with Crippen molar-refractivity contribution in [1.82, 2.24) is 5.32 Å². The van der Waals surface area contributed by atoms with Gasteiger partial charge in [-0.3, -0.25) is 9.59 Å². The summed E-state index contributed by atoms with van der Waals surface area (Å²) < 4.78 is 13.5. The maximum atomic E-state index is 13.5. The molecule has 1 aliphatic heterocycles. The summed E-state index contributed by atoms with van der Waals surface area (Å²) in [6.45, 7) is 0.673. The van der Waals surface area contributed by atoms with Crippen LogP contribution in [0.2, 0.25) is 0 Å². The highest BCUT2D eigenvalue weighted by Crippen LogP contribution is 2.39. The van der Waals surface area contributed by atoms with Crippen molar-refractivity contribution in [3.05, 3.63) is 53.3 Å². The van der Waals surface area contributed by atoms with Crippen molar-refractivity contribution in [2.75, 3.05) is 11.9 Å². The maximum Gasteiger partial charge on any atom is 0.256 e. The van der Waals surface area contributed by atoms with Crippen LogP contribution in [0.25, 0.3) is 0 Å². The van der Waals surface area contributed by atoms with Gasteiger partial charge in [-0.1, -0.05) is 43.9 Å². The van der Waals surface area contributed by atoms with E-state index in [1.54, 1.807) is 18.2 Å². The van der Waals surface area contributed by atoms with Crippen LogP contribution in [0.4, 0.5) is 10.1 Å². The van der Waals surface area contributed by atoms with E-state index >= 15 is 0 Å². The van der Waals surface area contributed by atoms with Gasteiger partial charge in [-0.15, -0.1) is 0 Å². The highest BCUT2D eigenvalue weighted by Gasteiger charge is 2.22. The largest absolute Gasteiger partial charge is 0.352 e. The lowest BCUT2D eigenvalue weighted by Gasteiger charge is -2.21. The predicted molar refractivity (Wildman–Crippen MR) is 108 cm³/mol. The first-order chi connectivity index (χ1) is 13.6. The van der Waals surface area contributed by atoms with Gasteiger partial charge in [0.25, 0.3) is 11.8 Å². The molecule has 0 bridgehead atoms. The Morgan fingerprint density at radius 2 is 1.89 bits per heavy atom. The number of anilines is 1. The summed E-state index contributed by atoms with van der Waals surface area (Å²) in [4.78, 5) is 26.5.